The average Bonchev–Trinajstić information content (AvgIpc) is 2.18. The maximum absolute atomic E-state index is 10.9. The van der Waals surface area contributed by atoms with Gasteiger partial charge in [-0.15, -0.1) is 12.3 Å². The van der Waals surface area contributed by atoms with Crippen LogP contribution in [0, 0.1) is 12.3 Å². The molecule has 0 aliphatic heterocycles. The highest BCUT2D eigenvalue weighted by atomic mass is 16.1. The Kier molecular flexibility index (Phi) is 15.2. The van der Waals surface area contributed by atoms with Gasteiger partial charge in [-0.05, 0) is 12.8 Å². The number of rotatable bonds is 5. The SMILES string of the molecule is C#CCCCC(=O)NCCC.CC. The summed E-state index contributed by atoms with van der Waals surface area (Å²) in [5.41, 5.74) is 0. The van der Waals surface area contributed by atoms with Gasteiger partial charge >= 0.3 is 0 Å². The predicted octanol–water partition coefficient (Wildman–Crippen LogP) is 2.34. The minimum atomic E-state index is 0.113. The second kappa shape index (κ2) is 13.6. The maximum atomic E-state index is 10.9. The van der Waals surface area contributed by atoms with E-state index in [-0.39, 0.29) is 5.91 Å². The Hall–Kier alpha value is -0.970. The molecular weight excluding hydrogens is 162 g/mol. The topological polar surface area (TPSA) is 29.1 Å². The highest BCUT2D eigenvalue weighted by Crippen LogP contribution is 1.92. The number of carbonyl (C=O) groups excluding carboxylic acids is 1. The van der Waals surface area contributed by atoms with Crippen LogP contribution < -0.4 is 5.32 Å². The van der Waals surface area contributed by atoms with Crippen molar-refractivity contribution in [1.82, 2.24) is 5.32 Å². The van der Waals surface area contributed by atoms with E-state index in [0.29, 0.717) is 12.8 Å². The van der Waals surface area contributed by atoms with E-state index < -0.39 is 0 Å². The van der Waals surface area contributed by atoms with Crippen LogP contribution in [0.1, 0.15) is 46.5 Å². The molecule has 0 heterocycles. The summed E-state index contributed by atoms with van der Waals surface area (Å²) in [5.74, 6) is 2.61. The van der Waals surface area contributed by atoms with E-state index in [1.165, 1.54) is 0 Å². The Morgan fingerprint density at radius 2 is 2.08 bits per heavy atom. The van der Waals surface area contributed by atoms with Crippen LogP contribution in [-0.4, -0.2) is 12.5 Å². The zero-order valence-corrected chi connectivity index (χ0v) is 9.02. The van der Waals surface area contributed by atoms with Gasteiger partial charge in [0.15, 0.2) is 0 Å². The van der Waals surface area contributed by atoms with Gasteiger partial charge in [-0.2, -0.15) is 0 Å². The molecule has 0 spiro atoms. The molecule has 0 radical (unpaired) electrons. The van der Waals surface area contributed by atoms with Gasteiger partial charge in [0.1, 0.15) is 0 Å². The number of carbonyl (C=O) groups is 1. The fourth-order valence-corrected chi connectivity index (χ4v) is 0.704. The molecule has 0 aromatic carbocycles. The van der Waals surface area contributed by atoms with Crippen molar-refractivity contribution >= 4 is 5.91 Å². The summed E-state index contributed by atoms with van der Waals surface area (Å²) in [6.07, 6.45) is 8.07. The lowest BCUT2D eigenvalue weighted by Crippen LogP contribution is -2.23. The first-order valence-electron chi connectivity index (χ1n) is 5.01. The highest BCUT2D eigenvalue weighted by Gasteiger charge is 1.96. The Bertz CT molecular complexity index is 147. The second-order valence-electron chi connectivity index (χ2n) is 2.41. The van der Waals surface area contributed by atoms with Gasteiger partial charge in [0.2, 0.25) is 5.91 Å². The van der Waals surface area contributed by atoms with Crippen LogP contribution >= 0.6 is 0 Å². The summed E-state index contributed by atoms with van der Waals surface area (Å²) in [6.45, 7) is 6.80. The summed E-state index contributed by atoms with van der Waals surface area (Å²) in [4.78, 5) is 10.9. The van der Waals surface area contributed by atoms with Crippen molar-refractivity contribution in [3.63, 3.8) is 0 Å². The second-order valence-corrected chi connectivity index (χ2v) is 2.41. The van der Waals surface area contributed by atoms with Gasteiger partial charge in [-0.1, -0.05) is 20.8 Å². The predicted molar refractivity (Wildman–Crippen MR) is 57.3 cm³/mol. The molecule has 2 nitrogen and oxygen atoms in total. The third-order valence-corrected chi connectivity index (χ3v) is 1.30. The lowest BCUT2D eigenvalue weighted by atomic mass is 10.2. The van der Waals surface area contributed by atoms with Gasteiger partial charge < -0.3 is 5.32 Å². The van der Waals surface area contributed by atoms with Gasteiger partial charge in [-0.25, -0.2) is 0 Å². The zero-order valence-electron chi connectivity index (χ0n) is 9.02. The van der Waals surface area contributed by atoms with Crippen molar-refractivity contribution < 1.29 is 4.79 Å². The molecule has 0 atom stereocenters. The van der Waals surface area contributed by atoms with Crippen LogP contribution in [0.25, 0.3) is 0 Å². The van der Waals surface area contributed by atoms with Crippen molar-refractivity contribution in [2.24, 2.45) is 0 Å². The Balaban J connectivity index is 0. The number of hydrogen-bond donors (Lipinski definition) is 1. The fourth-order valence-electron chi connectivity index (χ4n) is 0.704. The van der Waals surface area contributed by atoms with Crippen LogP contribution in [0.4, 0.5) is 0 Å². The molecule has 2 heteroatoms. The molecule has 0 bridgehead atoms. The van der Waals surface area contributed by atoms with Crippen molar-refractivity contribution in [2.75, 3.05) is 6.54 Å². The monoisotopic (exact) mass is 183 g/mol. The van der Waals surface area contributed by atoms with E-state index in [1.54, 1.807) is 0 Å². The number of hydrogen-bond acceptors (Lipinski definition) is 1. The van der Waals surface area contributed by atoms with Crippen LogP contribution in [0.15, 0.2) is 0 Å². The van der Waals surface area contributed by atoms with E-state index >= 15 is 0 Å². The third-order valence-electron chi connectivity index (χ3n) is 1.30. The van der Waals surface area contributed by atoms with Crippen LogP contribution in [0.3, 0.4) is 0 Å². The van der Waals surface area contributed by atoms with Crippen molar-refractivity contribution in [3.05, 3.63) is 0 Å². The van der Waals surface area contributed by atoms with Gasteiger partial charge in [0.05, 0.1) is 0 Å². The molecule has 0 aliphatic rings. The zero-order chi connectivity index (χ0) is 10.5. The van der Waals surface area contributed by atoms with Crippen LogP contribution in [0.2, 0.25) is 0 Å². The fraction of sp³-hybridized carbons (Fsp3) is 0.727. The number of unbranched alkanes of at least 4 members (excludes halogenated alkanes) is 1. The average molecular weight is 183 g/mol. The summed E-state index contributed by atoms with van der Waals surface area (Å²) in [6, 6.07) is 0. The van der Waals surface area contributed by atoms with Gasteiger partial charge in [-0.3, -0.25) is 4.79 Å². The molecule has 0 aliphatic carbocycles. The first kappa shape index (κ1) is 14.5. The van der Waals surface area contributed by atoms with Crippen LogP contribution in [0.5, 0.6) is 0 Å². The molecule has 0 saturated carbocycles. The standard InChI is InChI=1S/C9H15NO.C2H6/c1-3-5-6-7-9(11)10-8-4-2;1-2/h1H,4-8H2,2H3,(H,10,11);1-2H3. The minimum absolute atomic E-state index is 0.113. The molecule has 0 saturated heterocycles. The van der Waals surface area contributed by atoms with E-state index in [1.807, 2.05) is 20.8 Å². The van der Waals surface area contributed by atoms with E-state index in [4.69, 9.17) is 6.42 Å². The number of amides is 1. The molecule has 13 heavy (non-hydrogen) atoms. The molecule has 0 unspecified atom stereocenters. The van der Waals surface area contributed by atoms with E-state index in [2.05, 4.69) is 11.2 Å². The molecular formula is C11H21NO. The molecule has 0 fully saturated rings. The molecule has 0 rings (SSSR count). The lowest BCUT2D eigenvalue weighted by Gasteiger charge is -2.00. The first-order valence-corrected chi connectivity index (χ1v) is 5.01. The Labute approximate surface area is 82.1 Å². The summed E-state index contributed by atoms with van der Waals surface area (Å²) in [5, 5.41) is 2.78. The number of terminal acetylenes is 1. The van der Waals surface area contributed by atoms with Gasteiger partial charge in [0.25, 0.3) is 0 Å². The first-order chi connectivity index (χ1) is 6.31. The number of nitrogens with one attached hydrogen (secondary N) is 1. The summed E-state index contributed by atoms with van der Waals surface area (Å²) >= 11 is 0. The summed E-state index contributed by atoms with van der Waals surface area (Å²) in [7, 11) is 0. The highest BCUT2D eigenvalue weighted by molar-refractivity contribution is 5.75. The summed E-state index contributed by atoms with van der Waals surface area (Å²) < 4.78 is 0. The Morgan fingerprint density at radius 3 is 2.54 bits per heavy atom. The van der Waals surface area contributed by atoms with Crippen molar-refractivity contribution in [2.45, 2.75) is 46.5 Å². The van der Waals surface area contributed by atoms with E-state index in [0.717, 1.165) is 19.4 Å². The van der Waals surface area contributed by atoms with Crippen LogP contribution in [-0.2, 0) is 4.79 Å². The van der Waals surface area contributed by atoms with Gasteiger partial charge in [0, 0.05) is 19.4 Å². The minimum Gasteiger partial charge on any atom is -0.356 e. The van der Waals surface area contributed by atoms with E-state index in [9.17, 15) is 4.79 Å². The molecule has 0 aromatic rings. The largest absolute Gasteiger partial charge is 0.356 e. The normalized spacial score (nSPS) is 7.85. The third kappa shape index (κ3) is 13.9. The molecule has 0 aromatic heterocycles. The van der Waals surface area contributed by atoms with Crippen molar-refractivity contribution in [3.8, 4) is 12.3 Å². The molecule has 1 amide bonds. The quantitative estimate of drug-likeness (QED) is 0.514. The maximum Gasteiger partial charge on any atom is 0.220 e. The van der Waals surface area contributed by atoms with Crippen molar-refractivity contribution in [1.29, 1.82) is 0 Å². The molecule has 76 valence electrons. The smallest absolute Gasteiger partial charge is 0.220 e. The molecule has 1 N–H and O–H groups in total. The lowest BCUT2D eigenvalue weighted by molar-refractivity contribution is -0.121. The Morgan fingerprint density at radius 1 is 1.46 bits per heavy atom.